The zero-order valence-corrected chi connectivity index (χ0v) is 16.3. The molecule has 0 fully saturated rings. The molecule has 1 aliphatic heterocycles. The number of nitrogens with zero attached hydrogens (tertiary/aromatic N) is 2. The fourth-order valence-electron chi connectivity index (χ4n) is 3.12. The molecule has 2 aromatic rings. The van der Waals surface area contributed by atoms with Crippen LogP contribution in [0.1, 0.15) is 12.5 Å². The Morgan fingerprint density at radius 3 is 2.81 bits per heavy atom. The van der Waals surface area contributed by atoms with Crippen molar-refractivity contribution in [3.05, 3.63) is 53.1 Å². The quantitative estimate of drug-likeness (QED) is 0.856. The van der Waals surface area contributed by atoms with Gasteiger partial charge in [-0.1, -0.05) is 23.7 Å². The van der Waals surface area contributed by atoms with E-state index in [1.165, 1.54) is 4.90 Å². The number of fused-ring (bicyclic) bond motifs is 1. The van der Waals surface area contributed by atoms with E-state index in [2.05, 4.69) is 5.32 Å². The van der Waals surface area contributed by atoms with Gasteiger partial charge in [0.25, 0.3) is 0 Å². The van der Waals surface area contributed by atoms with Crippen LogP contribution in [0.5, 0.6) is 5.75 Å². The van der Waals surface area contributed by atoms with Crippen LogP contribution < -0.4 is 15.0 Å². The van der Waals surface area contributed by atoms with E-state index in [4.69, 9.17) is 16.3 Å². The predicted octanol–water partition coefficient (Wildman–Crippen LogP) is 3.15. The maximum atomic E-state index is 13.1. The number of ether oxygens (including phenoxy) is 1. The molecular weight excluding hydrogens is 366 g/mol. The summed E-state index contributed by atoms with van der Waals surface area (Å²) in [5.74, 6) is 0.378. The highest BCUT2D eigenvalue weighted by atomic mass is 35.5. The zero-order chi connectivity index (χ0) is 19.6. The second kappa shape index (κ2) is 7.98. The van der Waals surface area contributed by atoms with Gasteiger partial charge in [0.15, 0.2) is 0 Å². The van der Waals surface area contributed by atoms with Crippen molar-refractivity contribution in [2.24, 2.45) is 0 Å². The molecule has 3 rings (SSSR count). The van der Waals surface area contributed by atoms with Crippen molar-refractivity contribution in [3.63, 3.8) is 0 Å². The number of amides is 2. The third kappa shape index (κ3) is 4.07. The number of benzene rings is 2. The smallest absolute Gasteiger partial charge is 0.244 e. The number of methoxy groups -OCH3 is 1. The number of carbonyl (C=O) groups is 2. The molecular formula is C20H22ClN3O3. The monoisotopic (exact) mass is 387 g/mol. The number of hydrogen-bond acceptors (Lipinski definition) is 4. The third-order valence-electron chi connectivity index (χ3n) is 4.72. The summed E-state index contributed by atoms with van der Waals surface area (Å²) in [6.45, 7) is 2.32. The van der Waals surface area contributed by atoms with E-state index in [0.717, 1.165) is 5.56 Å². The summed E-state index contributed by atoms with van der Waals surface area (Å²) >= 11 is 6.10. The van der Waals surface area contributed by atoms with Crippen LogP contribution in [0, 0.1) is 0 Å². The van der Waals surface area contributed by atoms with Crippen molar-refractivity contribution in [3.8, 4) is 5.75 Å². The van der Waals surface area contributed by atoms with Gasteiger partial charge in [-0.3, -0.25) is 19.4 Å². The van der Waals surface area contributed by atoms with Crippen LogP contribution in [0.2, 0.25) is 5.02 Å². The summed E-state index contributed by atoms with van der Waals surface area (Å²) in [4.78, 5) is 28.5. The van der Waals surface area contributed by atoms with Crippen LogP contribution >= 0.6 is 11.6 Å². The molecule has 7 heteroatoms. The highest BCUT2D eigenvalue weighted by Gasteiger charge is 2.31. The molecule has 0 saturated carbocycles. The average molecular weight is 388 g/mol. The van der Waals surface area contributed by atoms with Gasteiger partial charge in [0, 0.05) is 17.1 Å². The van der Waals surface area contributed by atoms with E-state index in [9.17, 15) is 9.59 Å². The fraction of sp³-hybridized carbons (Fsp3) is 0.300. The molecule has 1 aliphatic rings. The van der Waals surface area contributed by atoms with Crippen molar-refractivity contribution >= 4 is 34.8 Å². The van der Waals surface area contributed by atoms with Crippen LogP contribution in [0.3, 0.4) is 0 Å². The van der Waals surface area contributed by atoms with Gasteiger partial charge in [-0.15, -0.1) is 0 Å². The molecule has 0 radical (unpaired) electrons. The number of likely N-dealkylation sites (N-methyl/N-ethyl adjacent to an activating group) is 1. The van der Waals surface area contributed by atoms with Crippen LogP contribution in [0.4, 0.5) is 11.4 Å². The molecule has 1 N–H and O–H groups in total. The van der Waals surface area contributed by atoms with E-state index in [0.29, 0.717) is 28.7 Å². The van der Waals surface area contributed by atoms with Crippen LogP contribution in [-0.4, -0.2) is 43.5 Å². The van der Waals surface area contributed by atoms with E-state index >= 15 is 0 Å². The van der Waals surface area contributed by atoms with Crippen LogP contribution in [-0.2, 0) is 16.1 Å². The van der Waals surface area contributed by atoms with Gasteiger partial charge < -0.3 is 10.1 Å². The largest absolute Gasteiger partial charge is 0.496 e. The maximum absolute atomic E-state index is 13.1. The summed E-state index contributed by atoms with van der Waals surface area (Å²) in [7, 11) is 3.46. The lowest BCUT2D eigenvalue weighted by Crippen LogP contribution is -2.50. The Morgan fingerprint density at radius 2 is 2.07 bits per heavy atom. The minimum atomic E-state index is -0.437. The normalized spacial score (nSPS) is 14.6. The summed E-state index contributed by atoms with van der Waals surface area (Å²) in [6, 6.07) is 12.3. The molecule has 0 spiro atoms. The molecule has 2 amide bonds. The van der Waals surface area contributed by atoms with Crippen LogP contribution in [0.15, 0.2) is 42.5 Å². The first-order valence-corrected chi connectivity index (χ1v) is 9.01. The summed E-state index contributed by atoms with van der Waals surface area (Å²) < 4.78 is 5.38. The molecule has 0 bridgehead atoms. The predicted molar refractivity (Wildman–Crippen MR) is 106 cm³/mol. The minimum Gasteiger partial charge on any atom is -0.496 e. The van der Waals surface area contributed by atoms with E-state index in [1.54, 1.807) is 19.2 Å². The molecule has 0 aliphatic carbocycles. The highest BCUT2D eigenvalue weighted by molar-refractivity contribution is 6.30. The average Bonchev–Trinajstić information content (AvgIpc) is 2.66. The lowest BCUT2D eigenvalue weighted by Gasteiger charge is -2.34. The number of hydrogen-bond donors (Lipinski definition) is 1. The van der Waals surface area contributed by atoms with Crippen molar-refractivity contribution < 1.29 is 14.3 Å². The van der Waals surface area contributed by atoms with Gasteiger partial charge in [0.2, 0.25) is 11.8 Å². The van der Waals surface area contributed by atoms with Gasteiger partial charge in [0.1, 0.15) is 12.3 Å². The minimum absolute atomic E-state index is 0.00845. The standard InChI is InChI=1S/C20H22ClN3O3/c1-13(23(2)11-14-10-15(21)8-9-18(14)27-3)20(26)24-12-19(25)22-16-6-4-5-7-17(16)24/h4-10,13H,11-12H2,1-3H3,(H,22,25)/t13-/m1/s1. The number of rotatable bonds is 5. The van der Waals surface area contributed by atoms with Gasteiger partial charge >= 0.3 is 0 Å². The van der Waals surface area contributed by atoms with Crippen molar-refractivity contribution in [2.75, 3.05) is 30.9 Å². The summed E-state index contributed by atoms with van der Waals surface area (Å²) in [5, 5.41) is 3.41. The molecule has 2 aromatic carbocycles. The first kappa shape index (κ1) is 19.2. The second-order valence-electron chi connectivity index (χ2n) is 6.54. The van der Waals surface area contributed by atoms with E-state index < -0.39 is 6.04 Å². The Bertz CT molecular complexity index is 871. The number of para-hydroxylation sites is 2. The zero-order valence-electron chi connectivity index (χ0n) is 15.5. The SMILES string of the molecule is COc1ccc(Cl)cc1CN(C)[C@H](C)C(=O)N1CC(=O)Nc2ccccc21. The van der Waals surface area contributed by atoms with Crippen molar-refractivity contribution in [1.29, 1.82) is 0 Å². The number of anilines is 2. The van der Waals surface area contributed by atoms with E-state index in [1.807, 2.05) is 49.2 Å². The number of carbonyl (C=O) groups excluding carboxylic acids is 2. The maximum Gasteiger partial charge on any atom is 0.244 e. The Labute approximate surface area is 163 Å². The first-order chi connectivity index (χ1) is 12.9. The highest BCUT2D eigenvalue weighted by Crippen LogP contribution is 2.30. The van der Waals surface area contributed by atoms with Gasteiger partial charge in [0.05, 0.1) is 24.5 Å². The Hall–Kier alpha value is -2.57. The lowest BCUT2D eigenvalue weighted by molar-refractivity contribution is -0.125. The fourth-order valence-corrected chi connectivity index (χ4v) is 3.31. The summed E-state index contributed by atoms with van der Waals surface area (Å²) in [6.07, 6.45) is 0. The second-order valence-corrected chi connectivity index (χ2v) is 6.97. The van der Waals surface area contributed by atoms with Crippen LogP contribution in [0.25, 0.3) is 0 Å². The number of nitrogens with one attached hydrogen (secondary N) is 1. The van der Waals surface area contributed by atoms with Gasteiger partial charge in [-0.05, 0) is 44.3 Å². The van der Waals surface area contributed by atoms with Crippen molar-refractivity contribution in [2.45, 2.75) is 19.5 Å². The molecule has 142 valence electrons. The first-order valence-electron chi connectivity index (χ1n) is 8.63. The van der Waals surface area contributed by atoms with Crippen molar-refractivity contribution in [1.82, 2.24) is 4.90 Å². The van der Waals surface area contributed by atoms with Gasteiger partial charge in [-0.2, -0.15) is 0 Å². The molecule has 6 nitrogen and oxygen atoms in total. The molecule has 27 heavy (non-hydrogen) atoms. The third-order valence-corrected chi connectivity index (χ3v) is 4.95. The molecule has 0 aromatic heterocycles. The Kier molecular flexibility index (Phi) is 5.68. The molecule has 0 unspecified atom stereocenters. The van der Waals surface area contributed by atoms with E-state index in [-0.39, 0.29) is 18.4 Å². The Balaban J connectivity index is 1.79. The topological polar surface area (TPSA) is 61.9 Å². The molecule has 1 heterocycles. The van der Waals surface area contributed by atoms with Gasteiger partial charge in [-0.25, -0.2) is 0 Å². The summed E-state index contributed by atoms with van der Waals surface area (Å²) in [5.41, 5.74) is 2.25. The lowest BCUT2D eigenvalue weighted by atomic mass is 10.1. The molecule has 1 atom stereocenters. The number of halogens is 1. The Morgan fingerprint density at radius 1 is 1.33 bits per heavy atom. The molecule has 0 saturated heterocycles.